The second-order valence-corrected chi connectivity index (χ2v) is 7.40. The van der Waals surface area contributed by atoms with Crippen molar-refractivity contribution in [2.24, 2.45) is 16.2 Å². The Labute approximate surface area is 118 Å². The molecule has 0 bridgehead atoms. The van der Waals surface area contributed by atoms with Gasteiger partial charge in [-0.25, -0.2) is 0 Å². The highest BCUT2D eigenvalue weighted by molar-refractivity contribution is 5.79. The molecule has 0 aliphatic heterocycles. The fraction of sp³-hybridized carbons (Fsp3) is 0.706. The molecule has 0 saturated heterocycles. The number of methoxy groups -OCH3 is 1. The maximum Gasteiger partial charge on any atom is 0.315 e. The molecule has 0 aliphatic rings. The average Bonchev–Trinajstić information content (AvgIpc) is 2.24. The lowest BCUT2D eigenvalue weighted by Gasteiger charge is -2.36. The number of carbonyl (C=O) groups excluding carboxylic acids is 1. The van der Waals surface area contributed by atoms with E-state index in [-0.39, 0.29) is 16.8 Å². The molecule has 0 radical (unpaired) electrons. The van der Waals surface area contributed by atoms with Gasteiger partial charge in [-0.3, -0.25) is 4.79 Å². The van der Waals surface area contributed by atoms with Gasteiger partial charge in [-0.15, -0.1) is 0 Å². The first-order chi connectivity index (χ1) is 8.36. The number of allylic oxidation sites excluding steroid dienone is 3. The van der Waals surface area contributed by atoms with Gasteiger partial charge in [-0.05, 0) is 24.7 Å². The largest absolute Gasteiger partial charge is 0.468 e. The Kier molecular flexibility index (Phi) is 5.61. The number of ether oxygens (including phenoxy) is 1. The molecule has 0 N–H and O–H groups in total. The Morgan fingerprint density at radius 2 is 1.47 bits per heavy atom. The Morgan fingerprint density at radius 3 is 1.79 bits per heavy atom. The summed E-state index contributed by atoms with van der Waals surface area (Å²) in [5.41, 5.74) is 0.606. The van der Waals surface area contributed by atoms with Crippen molar-refractivity contribution in [2.45, 2.75) is 55.4 Å². The first-order valence-corrected chi connectivity index (χ1v) is 6.81. The molecule has 0 heterocycles. The third-order valence-corrected chi connectivity index (χ3v) is 4.13. The summed E-state index contributed by atoms with van der Waals surface area (Å²) in [5, 5.41) is 0. The van der Waals surface area contributed by atoms with Crippen LogP contribution in [-0.2, 0) is 9.53 Å². The standard InChI is InChI=1S/C17H30O2/c1-13(15(2,3)4)11-10-12-17(8,14(18)19-9)16(5,6)7/h10-12H,1-9H3/b12-10-,13-11+. The zero-order valence-electron chi connectivity index (χ0n) is 14.0. The van der Waals surface area contributed by atoms with E-state index in [1.165, 1.54) is 12.7 Å². The highest BCUT2D eigenvalue weighted by atomic mass is 16.5. The van der Waals surface area contributed by atoms with Gasteiger partial charge in [-0.1, -0.05) is 65.3 Å². The van der Waals surface area contributed by atoms with Gasteiger partial charge in [0, 0.05) is 0 Å². The highest BCUT2D eigenvalue weighted by Gasteiger charge is 2.42. The van der Waals surface area contributed by atoms with Crippen LogP contribution in [-0.4, -0.2) is 13.1 Å². The van der Waals surface area contributed by atoms with Crippen LogP contribution in [0.15, 0.2) is 23.8 Å². The zero-order chi connectivity index (χ0) is 15.5. The van der Waals surface area contributed by atoms with Crippen LogP contribution in [0.5, 0.6) is 0 Å². The summed E-state index contributed by atoms with van der Waals surface area (Å²) >= 11 is 0. The van der Waals surface area contributed by atoms with E-state index in [4.69, 9.17) is 4.74 Å². The number of rotatable bonds is 3. The molecule has 0 aliphatic carbocycles. The Bertz CT molecular complexity index is 375. The summed E-state index contributed by atoms with van der Waals surface area (Å²) in [5.74, 6) is -0.196. The van der Waals surface area contributed by atoms with Gasteiger partial charge in [0.05, 0.1) is 12.5 Å². The van der Waals surface area contributed by atoms with E-state index in [9.17, 15) is 4.79 Å². The zero-order valence-corrected chi connectivity index (χ0v) is 14.0. The summed E-state index contributed by atoms with van der Waals surface area (Å²) in [6.45, 7) is 16.7. The number of esters is 1. The molecule has 19 heavy (non-hydrogen) atoms. The van der Waals surface area contributed by atoms with E-state index in [1.807, 2.05) is 19.1 Å². The molecule has 0 aromatic rings. The molecule has 1 atom stereocenters. The smallest absolute Gasteiger partial charge is 0.315 e. The molecule has 2 nitrogen and oxygen atoms in total. The van der Waals surface area contributed by atoms with E-state index >= 15 is 0 Å². The van der Waals surface area contributed by atoms with Crippen LogP contribution in [0.4, 0.5) is 0 Å². The van der Waals surface area contributed by atoms with Crippen LogP contribution >= 0.6 is 0 Å². The van der Waals surface area contributed by atoms with E-state index in [1.54, 1.807) is 0 Å². The highest BCUT2D eigenvalue weighted by Crippen LogP contribution is 2.40. The summed E-state index contributed by atoms with van der Waals surface area (Å²) in [6.07, 6.45) is 6.00. The first kappa shape index (κ1) is 17.9. The van der Waals surface area contributed by atoms with Crippen molar-refractivity contribution in [3.05, 3.63) is 23.8 Å². The lowest BCUT2D eigenvalue weighted by atomic mass is 9.67. The lowest BCUT2D eigenvalue weighted by Crippen LogP contribution is -2.39. The molecule has 0 aromatic carbocycles. The van der Waals surface area contributed by atoms with Crippen LogP contribution in [0.3, 0.4) is 0 Å². The number of hydrogen-bond donors (Lipinski definition) is 0. The quantitative estimate of drug-likeness (QED) is 0.544. The van der Waals surface area contributed by atoms with E-state index in [0.717, 1.165) is 0 Å². The normalized spacial score (nSPS) is 17.4. The number of carbonyl (C=O) groups is 1. The third kappa shape index (κ3) is 4.52. The van der Waals surface area contributed by atoms with Gasteiger partial charge < -0.3 is 4.74 Å². The fourth-order valence-corrected chi connectivity index (χ4v) is 1.47. The van der Waals surface area contributed by atoms with Crippen LogP contribution in [0.1, 0.15) is 55.4 Å². The van der Waals surface area contributed by atoms with Crippen molar-refractivity contribution in [1.82, 2.24) is 0 Å². The molecule has 0 rings (SSSR count). The maximum absolute atomic E-state index is 12.1. The van der Waals surface area contributed by atoms with E-state index in [0.29, 0.717) is 0 Å². The van der Waals surface area contributed by atoms with E-state index in [2.05, 4.69) is 54.5 Å². The fourth-order valence-electron chi connectivity index (χ4n) is 1.47. The Morgan fingerprint density at radius 1 is 1.00 bits per heavy atom. The second kappa shape index (κ2) is 5.94. The van der Waals surface area contributed by atoms with Crippen molar-refractivity contribution in [2.75, 3.05) is 7.11 Å². The van der Waals surface area contributed by atoms with Crippen LogP contribution < -0.4 is 0 Å². The predicted octanol–water partition coefficient (Wildman–Crippen LogP) is 4.76. The average molecular weight is 266 g/mol. The summed E-state index contributed by atoms with van der Waals surface area (Å²) in [7, 11) is 1.44. The molecule has 2 heteroatoms. The van der Waals surface area contributed by atoms with Crippen molar-refractivity contribution in [3.8, 4) is 0 Å². The molecule has 0 aromatic heterocycles. The minimum atomic E-state index is -0.629. The monoisotopic (exact) mass is 266 g/mol. The lowest BCUT2D eigenvalue weighted by molar-refractivity contribution is -0.154. The van der Waals surface area contributed by atoms with Gasteiger partial charge in [0.15, 0.2) is 0 Å². The SMILES string of the molecule is COC(=O)C(C)(/C=C\C=C(/C)C(C)(C)C)C(C)(C)C. The molecule has 0 fully saturated rings. The van der Waals surface area contributed by atoms with Gasteiger partial charge in [0.2, 0.25) is 0 Å². The number of hydrogen-bond acceptors (Lipinski definition) is 2. The van der Waals surface area contributed by atoms with Crippen molar-refractivity contribution >= 4 is 5.97 Å². The van der Waals surface area contributed by atoms with Gasteiger partial charge in [-0.2, -0.15) is 0 Å². The Balaban J connectivity index is 5.34. The topological polar surface area (TPSA) is 26.3 Å². The van der Waals surface area contributed by atoms with E-state index < -0.39 is 5.41 Å². The van der Waals surface area contributed by atoms with Crippen LogP contribution in [0.25, 0.3) is 0 Å². The minimum absolute atomic E-state index is 0.147. The molecule has 1 unspecified atom stereocenters. The van der Waals surface area contributed by atoms with Crippen molar-refractivity contribution in [3.63, 3.8) is 0 Å². The summed E-state index contributed by atoms with van der Waals surface area (Å²) < 4.78 is 4.96. The molecular weight excluding hydrogens is 236 g/mol. The molecule has 0 saturated carbocycles. The third-order valence-electron chi connectivity index (χ3n) is 4.13. The van der Waals surface area contributed by atoms with Gasteiger partial charge >= 0.3 is 5.97 Å². The van der Waals surface area contributed by atoms with Crippen LogP contribution in [0, 0.1) is 16.2 Å². The summed E-state index contributed by atoms with van der Waals surface area (Å²) in [6, 6.07) is 0. The van der Waals surface area contributed by atoms with Gasteiger partial charge in [0.25, 0.3) is 0 Å². The predicted molar refractivity (Wildman–Crippen MR) is 81.9 cm³/mol. The van der Waals surface area contributed by atoms with Gasteiger partial charge in [0.1, 0.15) is 0 Å². The Hall–Kier alpha value is -1.05. The second-order valence-electron chi connectivity index (χ2n) is 7.40. The molecular formula is C17H30O2. The summed E-state index contributed by atoms with van der Waals surface area (Å²) in [4.78, 5) is 12.1. The van der Waals surface area contributed by atoms with Crippen LogP contribution in [0.2, 0.25) is 0 Å². The maximum atomic E-state index is 12.1. The molecule has 0 spiro atoms. The first-order valence-electron chi connectivity index (χ1n) is 6.81. The van der Waals surface area contributed by atoms with Crippen molar-refractivity contribution < 1.29 is 9.53 Å². The van der Waals surface area contributed by atoms with Crippen molar-refractivity contribution in [1.29, 1.82) is 0 Å². The minimum Gasteiger partial charge on any atom is -0.468 e. The molecule has 110 valence electrons. The molecule has 0 amide bonds.